The number of hydrogen-bond donors (Lipinski definition) is 1. The van der Waals surface area contributed by atoms with Crippen LogP contribution in [-0.2, 0) is 4.79 Å². The SMILES string of the molecule is O=C(O)C(C1CC=CCC1)N1CCCCCC1. The Bertz CT molecular complexity index is 280. The van der Waals surface area contributed by atoms with Gasteiger partial charge < -0.3 is 5.11 Å². The van der Waals surface area contributed by atoms with Gasteiger partial charge in [0, 0.05) is 0 Å². The highest BCUT2D eigenvalue weighted by Gasteiger charge is 2.33. The first-order valence-corrected chi connectivity index (χ1v) is 6.91. The summed E-state index contributed by atoms with van der Waals surface area (Å²) >= 11 is 0. The summed E-state index contributed by atoms with van der Waals surface area (Å²) in [5, 5.41) is 9.50. The van der Waals surface area contributed by atoms with Crippen LogP contribution in [0.25, 0.3) is 0 Å². The molecule has 0 spiro atoms. The normalized spacial score (nSPS) is 28.6. The maximum atomic E-state index is 11.5. The third-order valence-electron chi connectivity index (χ3n) is 4.04. The molecule has 0 saturated carbocycles. The molecule has 1 aliphatic carbocycles. The van der Waals surface area contributed by atoms with Gasteiger partial charge in [-0.2, -0.15) is 0 Å². The van der Waals surface area contributed by atoms with Gasteiger partial charge in [0.15, 0.2) is 0 Å². The quantitative estimate of drug-likeness (QED) is 0.767. The molecule has 1 N–H and O–H groups in total. The van der Waals surface area contributed by atoms with Crippen molar-refractivity contribution in [2.75, 3.05) is 13.1 Å². The van der Waals surface area contributed by atoms with Crippen LogP contribution in [0, 0.1) is 5.92 Å². The van der Waals surface area contributed by atoms with E-state index < -0.39 is 5.97 Å². The highest BCUT2D eigenvalue weighted by molar-refractivity contribution is 5.74. The lowest BCUT2D eigenvalue weighted by Gasteiger charge is -2.34. The summed E-state index contributed by atoms with van der Waals surface area (Å²) in [5.74, 6) is -0.303. The molecule has 96 valence electrons. The minimum atomic E-state index is -0.618. The van der Waals surface area contributed by atoms with E-state index in [0.717, 1.165) is 45.2 Å². The summed E-state index contributed by atoms with van der Waals surface area (Å²) in [6, 6.07) is -0.252. The van der Waals surface area contributed by atoms with E-state index in [1.165, 1.54) is 12.8 Å². The van der Waals surface area contributed by atoms with Crippen LogP contribution < -0.4 is 0 Å². The number of rotatable bonds is 3. The van der Waals surface area contributed by atoms with Crippen LogP contribution in [0.15, 0.2) is 12.2 Å². The maximum Gasteiger partial charge on any atom is 0.321 e. The zero-order valence-corrected chi connectivity index (χ0v) is 10.5. The highest BCUT2D eigenvalue weighted by atomic mass is 16.4. The Kier molecular flexibility index (Phi) is 4.60. The summed E-state index contributed by atoms with van der Waals surface area (Å²) in [6.07, 6.45) is 12.2. The standard InChI is InChI=1S/C14H23NO2/c16-14(17)13(12-8-4-3-5-9-12)15-10-6-1-2-7-11-15/h3-4,12-13H,1-2,5-11H2,(H,16,17). The number of nitrogens with zero attached hydrogens (tertiary/aromatic N) is 1. The molecule has 1 fully saturated rings. The van der Waals surface area contributed by atoms with Gasteiger partial charge in [-0.3, -0.25) is 9.69 Å². The van der Waals surface area contributed by atoms with Crippen LogP contribution in [0.1, 0.15) is 44.9 Å². The largest absolute Gasteiger partial charge is 0.480 e. The van der Waals surface area contributed by atoms with Gasteiger partial charge in [-0.15, -0.1) is 0 Å². The van der Waals surface area contributed by atoms with E-state index in [1.54, 1.807) is 0 Å². The predicted molar refractivity (Wildman–Crippen MR) is 67.9 cm³/mol. The van der Waals surface area contributed by atoms with Gasteiger partial charge in [0.1, 0.15) is 6.04 Å². The minimum absolute atomic E-state index is 0.252. The first kappa shape index (κ1) is 12.6. The molecule has 3 heteroatoms. The van der Waals surface area contributed by atoms with Gasteiger partial charge in [-0.25, -0.2) is 0 Å². The third-order valence-corrected chi connectivity index (χ3v) is 4.04. The average Bonchev–Trinajstić information content (AvgIpc) is 2.59. The van der Waals surface area contributed by atoms with Crippen LogP contribution >= 0.6 is 0 Å². The fraction of sp³-hybridized carbons (Fsp3) is 0.786. The van der Waals surface area contributed by atoms with Gasteiger partial charge in [0.2, 0.25) is 0 Å². The number of likely N-dealkylation sites (tertiary alicyclic amines) is 1. The van der Waals surface area contributed by atoms with Crippen LogP contribution in [0.2, 0.25) is 0 Å². The molecule has 2 unspecified atom stereocenters. The molecule has 2 atom stereocenters. The van der Waals surface area contributed by atoms with Crippen molar-refractivity contribution in [1.29, 1.82) is 0 Å². The molecule has 0 aromatic rings. The molecule has 1 saturated heterocycles. The molecule has 1 heterocycles. The van der Waals surface area contributed by atoms with Crippen molar-refractivity contribution in [1.82, 2.24) is 4.90 Å². The number of carboxylic acids is 1. The van der Waals surface area contributed by atoms with Crippen LogP contribution in [-0.4, -0.2) is 35.1 Å². The smallest absolute Gasteiger partial charge is 0.321 e. The van der Waals surface area contributed by atoms with E-state index in [-0.39, 0.29) is 6.04 Å². The lowest BCUT2D eigenvalue weighted by molar-refractivity contribution is -0.145. The second kappa shape index (κ2) is 6.20. The Labute approximate surface area is 103 Å². The number of aliphatic carboxylic acids is 1. The summed E-state index contributed by atoms with van der Waals surface area (Å²) in [6.45, 7) is 1.94. The fourth-order valence-electron chi connectivity index (χ4n) is 3.13. The molecular formula is C14H23NO2. The van der Waals surface area contributed by atoms with E-state index in [9.17, 15) is 9.90 Å². The van der Waals surface area contributed by atoms with Crippen LogP contribution in [0.3, 0.4) is 0 Å². The van der Waals surface area contributed by atoms with Crippen molar-refractivity contribution in [3.8, 4) is 0 Å². The van der Waals surface area contributed by atoms with E-state index in [1.807, 2.05) is 0 Å². The zero-order valence-electron chi connectivity index (χ0n) is 10.5. The molecular weight excluding hydrogens is 214 g/mol. The lowest BCUT2D eigenvalue weighted by Crippen LogP contribution is -2.47. The number of carbonyl (C=O) groups is 1. The van der Waals surface area contributed by atoms with E-state index in [2.05, 4.69) is 17.1 Å². The molecule has 0 aromatic carbocycles. The van der Waals surface area contributed by atoms with Crippen molar-refractivity contribution in [2.24, 2.45) is 5.92 Å². The van der Waals surface area contributed by atoms with Crippen molar-refractivity contribution < 1.29 is 9.90 Å². The summed E-state index contributed by atoms with van der Waals surface area (Å²) in [5.41, 5.74) is 0. The molecule has 17 heavy (non-hydrogen) atoms. The molecule has 2 aliphatic rings. The Hall–Kier alpha value is -0.830. The van der Waals surface area contributed by atoms with Gasteiger partial charge >= 0.3 is 5.97 Å². The van der Waals surface area contributed by atoms with E-state index >= 15 is 0 Å². The Morgan fingerprint density at radius 2 is 1.88 bits per heavy atom. The topological polar surface area (TPSA) is 40.5 Å². The monoisotopic (exact) mass is 237 g/mol. The molecule has 0 aromatic heterocycles. The Morgan fingerprint density at radius 1 is 1.18 bits per heavy atom. The summed E-state index contributed by atoms with van der Waals surface area (Å²) in [4.78, 5) is 13.8. The Balaban J connectivity index is 2.04. The minimum Gasteiger partial charge on any atom is -0.480 e. The fourth-order valence-corrected chi connectivity index (χ4v) is 3.13. The molecule has 1 aliphatic heterocycles. The van der Waals surface area contributed by atoms with Gasteiger partial charge in [0.25, 0.3) is 0 Å². The van der Waals surface area contributed by atoms with Crippen LogP contribution in [0.5, 0.6) is 0 Å². The lowest BCUT2D eigenvalue weighted by atomic mass is 9.86. The van der Waals surface area contributed by atoms with Gasteiger partial charge in [-0.1, -0.05) is 25.0 Å². The van der Waals surface area contributed by atoms with Crippen molar-refractivity contribution >= 4 is 5.97 Å². The van der Waals surface area contributed by atoms with Crippen LogP contribution in [0.4, 0.5) is 0 Å². The predicted octanol–water partition coefficient (Wildman–Crippen LogP) is 2.67. The first-order valence-electron chi connectivity index (χ1n) is 6.91. The maximum absolute atomic E-state index is 11.5. The van der Waals surface area contributed by atoms with Gasteiger partial charge in [-0.05, 0) is 51.1 Å². The zero-order chi connectivity index (χ0) is 12.1. The molecule has 3 nitrogen and oxygen atoms in total. The average molecular weight is 237 g/mol. The second-order valence-corrected chi connectivity index (χ2v) is 5.28. The number of carboxylic acid groups (broad SMARTS) is 1. The highest BCUT2D eigenvalue weighted by Crippen LogP contribution is 2.27. The van der Waals surface area contributed by atoms with Crippen molar-refractivity contribution in [2.45, 2.75) is 51.0 Å². The molecule has 0 amide bonds. The van der Waals surface area contributed by atoms with E-state index in [0.29, 0.717) is 5.92 Å². The molecule has 0 radical (unpaired) electrons. The van der Waals surface area contributed by atoms with E-state index in [4.69, 9.17) is 0 Å². The second-order valence-electron chi connectivity index (χ2n) is 5.28. The van der Waals surface area contributed by atoms with Crippen molar-refractivity contribution in [3.05, 3.63) is 12.2 Å². The summed E-state index contributed by atoms with van der Waals surface area (Å²) < 4.78 is 0. The molecule has 0 bridgehead atoms. The molecule has 2 rings (SSSR count). The number of allylic oxidation sites excluding steroid dienone is 2. The third kappa shape index (κ3) is 3.32. The summed E-state index contributed by atoms with van der Waals surface area (Å²) in [7, 11) is 0. The van der Waals surface area contributed by atoms with Crippen molar-refractivity contribution in [3.63, 3.8) is 0 Å². The Morgan fingerprint density at radius 3 is 2.41 bits per heavy atom. The first-order chi connectivity index (χ1) is 8.29. The number of hydrogen-bond acceptors (Lipinski definition) is 2. The van der Waals surface area contributed by atoms with Gasteiger partial charge in [0.05, 0.1) is 0 Å².